The van der Waals surface area contributed by atoms with Gasteiger partial charge < -0.3 is 10.3 Å². The van der Waals surface area contributed by atoms with Gasteiger partial charge in [0, 0.05) is 16.4 Å². The molecule has 2 N–H and O–H groups in total. The number of benzene rings is 3. The van der Waals surface area contributed by atoms with Gasteiger partial charge in [0.25, 0.3) is 5.91 Å². The van der Waals surface area contributed by atoms with Crippen LogP contribution in [0.25, 0.3) is 21.9 Å². The lowest BCUT2D eigenvalue weighted by Crippen LogP contribution is -2.12. The standard InChI is InChI=1S/C21H14BrFN2O/c22-19-3-1-2-14-10-17(8-9-18(14)19)25-21(26)20-11-15(12-24-20)13-4-6-16(23)7-5-13/h1-12,24H,(H,25,26). The van der Waals surface area contributed by atoms with Gasteiger partial charge in [0.15, 0.2) is 0 Å². The first-order valence-corrected chi connectivity index (χ1v) is 8.83. The van der Waals surface area contributed by atoms with Crippen molar-refractivity contribution in [3.8, 4) is 11.1 Å². The predicted octanol–water partition coefficient (Wildman–Crippen LogP) is 5.99. The average Bonchev–Trinajstić information content (AvgIpc) is 3.13. The molecule has 3 aromatic carbocycles. The second-order valence-electron chi connectivity index (χ2n) is 5.94. The first kappa shape index (κ1) is 16.5. The van der Waals surface area contributed by atoms with Crippen molar-refractivity contribution in [2.75, 3.05) is 5.32 Å². The highest BCUT2D eigenvalue weighted by Gasteiger charge is 2.11. The van der Waals surface area contributed by atoms with Crippen LogP contribution in [0, 0.1) is 5.82 Å². The Hall–Kier alpha value is -2.92. The number of nitrogens with one attached hydrogen (secondary N) is 2. The van der Waals surface area contributed by atoms with Gasteiger partial charge in [0.05, 0.1) is 0 Å². The number of H-pyrrole nitrogens is 1. The molecule has 0 unspecified atom stereocenters. The zero-order chi connectivity index (χ0) is 18.1. The van der Waals surface area contributed by atoms with Crippen LogP contribution in [0.4, 0.5) is 10.1 Å². The predicted molar refractivity (Wildman–Crippen MR) is 106 cm³/mol. The minimum atomic E-state index is -0.287. The number of anilines is 1. The van der Waals surface area contributed by atoms with E-state index in [-0.39, 0.29) is 11.7 Å². The summed E-state index contributed by atoms with van der Waals surface area (Å²) in [5.74, 6) is -0.516. The molecular formula is C21H14BrFN2O. The van der Waals surface area contributed by atoms with E-state index in [9.17, 15) is 9.18 Å². The van der Waals surface area contributed by atoms with Gasteiger partial charge in [0.1, 0.15) is 11.5 Å². The maximum absolute atomic E-state index is 13.0. The summed E-state index contributed by atoms with van der Waals surface area (Å²) in [5.41, 5.74) is 2.84. The first-order valence-electron chi connectivity index (χ1n) is 8.04. The fourth-order valence-corrected chi connectivity index (χ4v) is 3.37. The molecule has 4 rings (SSSR count). The fraction of sp³-hybridized carbons (Fsp3) is 0. The number of amides is 1. The minimum Gasteiger partial charge on any atom is -0.357 e. The van der Waals surface area contributed by atoms with Gasteiger partial charge in [-0.15, -0.1) is 0 Å². The third-order valence-corrected chi connectivity index (χ3v) is 4.88. The summed E-state index contributed by atoms with van der Waals surface area (Å²) in [6.07, 6.45) is 1.74. The molecule has 1 heterocycles. The topological polar surface area (TPSA) is 44.9 Å². The molecular weight excluding hydrogens is 395 g/mol. The second kappa shape index (κ2) is 6.77. The molecule has 128 valence electrons. The molecule has 26 heavy (non-hydrogen) atoms. The Morgan fingerprint density at radius 1 is 0.962 bits per heavy atom. The third kappa shape index (κ3) is 3.26. The zero-order valence-corrected chi connectivity index (χ0v) is 15.2. The summed E-state index contributed by atoms with van der Waals surface area (Å²) in [4.78, 5) is 15.5. The van der Waals surface area contributed by atoms with Crippen molar-refractivity contribution < 1.29 is 9.18 Å². The largest absolute Gasteiger partial charge is 0.357 e. The minimum absolute atomic E-state index is 0.229. The van der Waals surface area contributed by atoms with Crippen LogP contribution in [0.2, 0.25) is 0 Å². The Kier molecular flexibility index (Phi) is 4.31. The number of rotatable bonds is 3. The molecule has 3 nitrogen and oxygen atoms in total. The zero-order valence-electron chi connectivity index (χ0n) is 13.6. The summed E-state index contributed by atoms with van der Waals surface area (Å²) in [5, 5.41) is 5.02. The van der Waals surface area contributed by atoms with Gasteiger partial charge in [-0.25, -0.2) is 4.39 Å². The van der Waals surface area contributed by atoms with Crippen molar-refractivity contribution in [2.24, 2.45) is 0 Å². The average molecular weight is 409 g/mol. The molecule has 4 aromatic rings. The van der Waals surface area contributed by atoms with Crippen LogP contribution in [-0.4, -0.2) is 10.9 Å². The Bertz CT molecular complexity index is 1100. The van der Waals surface area contributed by atoms with Crippen LogP contribution >= 0.6 is 15.9 Å². The maximum Gasteiger partial charge on any atom is 0.272 e. The number of aromatic nitrogens is 1. The van der Waals surface area contributed by atoms with Gasteiger partial charge >= 0.3 is 0 Å². The molecule has 0 aliphatic rings. The monoisotopic (exact) mass is 408 g/mol. The highest BCUT2D eigenvalue weighted by Crippen LogP contribution is 2.27. The van der Waals surface area contributed by atoms with E-state index in [0.717, 1.165) is 32.1 Å². The van der Waals surface area contributed by atoms with Crippen LogP contribution in [0.15, 0.2) is 77.4 Å². The third-order valence-electron chi connectivity index (χ3n) is 4.19. The van der Waals surface area contributed by atoms with Crippen molar-refractivity contribution >= 4 is 38.3 Å². The molecule has 0 aliphatic heterocycles. The highest BCUT2D eigenvalue weighted by molar-refractivity contribution is 9.10. The van der Waals surface area contributed by atoms with E-state index in [1.54, 1.807) is 24.4 Å². The number of carbonyl (C=O) groups is 1. The number of carbonyl (C=O) groups excluding carboxylic acids is 1. The molecule has 0 bridgehead atoms. The lowest BCUT2D eigenvalue weighted by Gasteiger charge is -2.06. The Balaban J connectivity index is 1.56. The SMILES string of the molecule is O=C(Nc1ccc2c(Br)cccc2c1)c1cc(-c2ccc(F)cc2)c[nH]1. The normalized spacial score (nSPS) is 10.8. The molecule has 1 aromatic heterocycles. The van der Waals surface area contributed by atoms with E-state index in [4.69, 9.17) is 0 Å². The van der Waals surface area contributed by atoms with E-state index in [1.165, 1.54) is 12.1 Å². The molecule has 0 saturated carbocycles. The Morgan fingerprint density at radius 3 is 2.58 bits per heavy atom. The molecule has 0 atom stereocenters. The van der Waals surface area contributed by atoms with Crippen LogP contribution < -0.4 is 5.32 Å². The molecule has 0 fully saturated rings. The van der Waals surface area contributed by atoms with Gasteiger partial charge in [-0.05, 0) is 58.3 Å². The number of hydrogen-bond donors (Lipinski definition) is 2. The van der Waals surface area contributed by atoms with Crippen molar-refractivity contribution in [3.63, 3.8) is 0 Å². The van der Waals surface area contributed by atoms with E-state index in [1.807, 2.05) is 36.4 Å². The van der Waals surface area contributed by atoms with E-state index in [0.29, 0.717) is 5.69 Å². The Morgan fingerprint density at radius 2 is 1.77 bits per heavy atom. The number of aromatic amines is 1. The van der Waals surface area contributed by atoms with Crippen LogP contribution in [0.3, 0.4) is 0 Å². The number of fused-ring (bicyclic) bond motifs is 1. The molecule has 5 heteroatoms. The van der Waals surface area contributed by atoms with Crippen LogP contribution in [0.5, 0.6) is 0 Å². The number of hydrogen-bond acceptors (Lipinski definition) is 1. The fourth-order valence-electron chi connectivity index (χ4n) is 2.85. The first-order chi connectivity index (χ1) is 12.6. The lowest BCUT2D eigenvalue weighted by atomic mass is 10.1. The van der Waals surface area contributed by atoms with Crippen LogP contribution in [-0.2, 0) is 0 Å². The lowest BCUT2D eigenvalue weighted by molar-refractivity contribution is 0.102. The summed E-state index contributed by atoms with van der Waals surface area (Å²) < 4.78 is 14.1. The van der Waals surface area contributed by atoms with Crippen LogP contribution in [0.1, 0.15) is 10.5 Å². The van der Waals surface area contributed by atoms with Gasteiger partial charge in [-0.1, -0.05) is 46.3 Å². The molecule has 1 amide bonds. The van der Waals surface area contributed by atoms with E-state index >= 15 is 0 Å². The molecule has 0 saturated heterocycles. The van der Waals surface area contributed by atoms with Crippen molar-refractivity contribution in [2.45, 2.75) is 0 Å². The van der Waals surface area contributed by atoms with E-state index in [2.05, 4.69) is 26.2 Å². The molecule has 0 spiro atoms. The highest BCUT2D eigenvalue weighted by atomic mass is 79.9. The molecule has 0 aliphatic carbocycles. The number of halogens is 2. The summed E-state index contributed by atoms with van der Waals surface area (Å²) in [6, 6.07) is 19.6. The Labute approximate surface area is 158 Å². The van der Waals surface area contributed by atoms with Crippen molar-refractivity contribution in [1.82, 2.24) is 4.98 Å². The van der Waals surface area contributed by atoms with Crippen molar-refractivity contribution in [3.05, 3.63) is 88.9 Å². The second-order valence-corrected chi connectivity index (χ2v) is 6.79. The summed E-state index contributed by atoms with van der Waals surface area (Å²) in [6.45, 7) is 0. The summed E-state index contributed by atoms with van der Waals surface area (Å²) in [7, 11) is 0. The van der Waals surface area contributed by atoms with Crippen molar-refractivity contribution in [1.29, 1.82) is 0 Å². The van der Waals surface area contributed by atoms with Gasteiger partial charge in [0.2, 0.25) is 0 Å². The van der Waals surface area contributed by atoms with Gasteiger partial charge in [-0.3, -0.25) is 4.79 Å². The maximum atomic E-state index is 13.0. The summed E-state index contributed by atoms with van der Waals surface area (Å²) >= 11 is 3.52. The smallest absolute Gasteiger partial charge is 0.272 e. The quantitative estimate of drug-likeness (QED) is 0.429. The van der Waals surface area contributed by atoms with E-state index < -0.39 is 0 Å². The molecule has 0 radical (unpaired) electrons. The van der Waals surface area contributed by atoms with Gasteiger partial charge in [-0.2, -0.15) is 0 Å².